The first-order valence-electron chi connectivity index (χ1n) is 10.2. The maximum absolute atomic E-state index is 13.0. The van der Waals surface area contributed by atoms with Crippen LogP contribution >= 0.6 is 0 Å². The summed E-state index contributed by atoms with van der Waals surface area (Å²) in [6.07, 6.45) is 0. The normalized spacial score (nSPS) is 14.4. The summed E-state index contributed by atoms with van der Waals surface area (Å²) in [4.78, 5) is 35.8. The van der Waals surface area contributed by atoms with Crippen LogP contribution in [-0.2, 0) is 29.1 Å². The predicted molar refractivity (Wildman–Crippen MR) is 120 cm³/mol. The minimum absolute atomic E-state index is 0.0916. The summed E-state index contributed by atoms with van der Waals surface area (Å²) in [5.74, 6) is -1.65. The summed E-state index contributed by atoms with van der Waals surface area (Å²) in [6, 6.07) is 10.7. The largest absolute Gasteiger partial charge is 0.452 e. The summed E-state index contributed by atoms with van der Waals surface area (Å²) >= 11 is 0. The molecule has 1 heterocycles. The SMILES string of the molecule is CC(=O)Nc1cccc(C(=O)OCC(=O)Nc2ccc(C)c(S(=O)(=O)N3CCOCC3)c2)c1. The van der Waals surface area contributed by atoms with Crippen molar-refractivity contribution in [3.63, 3.8) is 0 Å². The number of esters is 1. The minimum atomic E-state index is -3.74. The molecule has 2 aromatic carbocycles. The Bertz CT molecular complexity index is 1160. The topological polar surface area (TPSA) is 131 Å². The van der Waals surface area contributed by atoms with E-state index >= 15 is 0 Å². The number of hydrogen-bond donors (Lipinski definition) is 2. The van der Waals surface area contributed by atoms with Crippen molar-refractivity contribution in [2.45, 2.75) is 18.7 Å². The van der Waals surface area contributed by atoms with E-state index in [1.165, 1.54) is 29.4 Å². The van der Waals surface area contributed by atoms with Gasteiger partial charge in [0, 0.05) is 31.4 Å². The van der Waals surface area contributed by atoms with Crippen LogP contribution in [0.4, 0.5) is 11.4 Å². The molecule has 0 atom stereocenters. The molecule has 1 saturated heterocycles. The van der Waals surface area contributed by atoms with E-state index in [0.29, 0.717) is 24.5 Å². The molecule has 0 bridgehead atoms. The summed E-state index contributed by atoms with van der Waals surface area (Å²) in [5, 5.41) is 5.11. The second-order valence-corrected chi connectivity index (χ2v) is 9.29. The molecule has 0 saturated carbocycles. The van der Waals surface area contributed by atoms with E-state index in [2.05, 4.69) is 10.6 Å². The van der Waals surface area contributed by atoms with Crippen molar-refractivity contribution in [1.82, 2.24) is 4.31 Å². The Kier molecular flexibility index (Phi) is 7.79. The number of amides is 2. The molecule has 2 aromatic rings. The Morgan fingerprint density at radius 2 is 1.73 bits per heavy atom. The third-order valence-electron chi connectivity index (χ3n) is 4.81. The van der Waals surface area contributed by atoms with Crippen molar-refractivity contribution in [2.24, 2.45) is 0 Å². The van der Waals surface area contributed by atoms with Crippen molar-refractivity contribution in [1.29, 1.82) is 0 Å². The lowest BCUT2D eigenvalue weighted by Crippen LogP contribution is -2.40. The molecular weight excluding hydrogens is 450 g/mol. The Balaban J connectivity index is 1.63. The molecule has 2 N–H and O–H groups in total. The molecule has 11 heteroatoms. The Hall–Kier alpha value is -3.28. The number of nitrogens with zero attached hydrogens (tertiary/aromatic N) is 1. The van der Waals surface area contributed by atoms with Crippen LogP contribution in [0.3, 0.4) is 0 Å². The Morgan fingerprint density at radius 1 is 1.03 bits per heavy atom. The smallest absolute Gasteiger partial charge is 0.338 e. The van der Waals surface area contributed by atoms with E-state index in [1.807, 2.05) is 0 Å². The van der Waals surface area contributed by atoms with Crippen LogP contribution < -0.4 is 10.6 Å². The highest BCUT2D eigenvalue weighted by molar-refractivity contribution is 7.89. The molecule has 33 heavy (non-hydrogen) atoms. The fraction of sp³-hybridized carbons (Fsp3) is 0.318. The molecule has 1 fully saturated rings. The number of carbonyl (C=O) groups is 3. The molecular formula is C22H25N3O7S. The third-order valence-corrected chi connectivity index (χ3v) is 6.85. The molecule has 1 aliphatic rings. The number of sulfonamides is 1. The molecule has 0 aliphatic carbocycles. The number of aryl methyl sites for hydroxylation is 1. The third kappa shape index (κ3) is 6.37. The lowest BCUT2D eigenvalue weighted by atomic mass is 10.2. The number of ether oxygens (including phenoxy) is 2. The fourth-order valence-corrected chi connectivity index (χ4v) is 4.88. The van der Waals surface area contributed by atoms with Crippen LogP contribution in [0.2, 0.25) is 0 Å². The van der Waals surface area contributed by atoms with Gasteiger partial charge in [0.05, 0.1) is 23.7 Å². The Labute approximate surface area is 191 Å². The van der Waals surface area contributed by atoms with Gasteiger partial charge in [-0.15, -0.1) is 0 Å². The maximum Gasteiger partial charge on any atom is 0.338 e. The lowest BCUT2D eigenvalue weighted by Gasteiger charge is -2.26. The summed E-state index contributed by atoms with van der Waals surface area (Å²) < 4.78 is 37.5. The number of carbonyl (C=O) groups excluding carboxylic acids is 3. The van der Waals surface area contributed by atoms with Crippen LogP contribution in [0.5, 0.6) is 0 Å². The van der Waals surface area contributed by atoms with Gasteiger partial charge in [-0.1, -0.05) is 12.1 Å². The van der Waals surface area contributed by atoms with Gasteiger partial charge in [-0.05, 0) is 42.8 Å². The molecule has 0 aromatic heterocycles. The maximum atomic E-state index is 13.0. The summed E-state index contributed by atoms with van der Waals surface area (Å²) in [5.41, 5.74) is 1.41. The quantitative estimate of drug-likeness (QED) is 0.584. The number of hydrogen-bond acceptors (Lipinski definition) is 7. The number of morpholine rings is 1. The van der Waals surface area contributed by atoms with E-state index in [4.69, 9.17) is 9.47 Å². The van der Waals surface area contributed by atoms with Gasteiger partial charge in [0.15, 0.2) is 6.61 Å². The second-order valence-electron chi connectivity index (χ2n) is 7.38. The average molecular weight is 476 g/mol. The van der Waals surface area contributed by atoms with Crippen LogP contribution in [0.15, 0.2) is 47.4 Å². The first kappa shape index (κ1) is 24.4. The number of anilines is 2. The van der Waals surface area contributed by atoms with Crippen molar-refractivity contribution < 1.29 is 32.3 Å². The number of benzene rings is 2. The zero-order valence-corrected chi connectivity index (χ0v) is 19.1. The van der Waals surface area contributed by atoms with E-state index < -0.39 is 28.5 Å². The van der Waals surface area contributed by atoms with Crippen LogP contribution in [0.1, 0.15) is 22.8 Å². The molecule has 0 radical (unpaired) electrons. The van der Waals surface area contributed by atoms with Gasteiger partial charge in [0.1, 0.15) is 0 Å². The first-order valence-corrected chi connectivity index (χ1v) is 11.6. The van der Waals surface area contributed by atoms with Crippen LogP contribution in [0, 0.1) is 6.92 Å². The molecule has 2 amide bonds. The van der Waals surface area contributed by atoms with Crippen LogP contribution in [-0.4, -0.2) is 63.4 Å². The van der Waals surface area contributed by atoms with Gasteiger partial charge in [-0.25, -0.2) is 13.2 Å². The molecule has 0 unspecified atom stereocenters. The highest BCUT2D eigenvalue weighted by Gasteiger charge is 2.28. The zero-order valence-electron chi connectivity index (χ0n) is 18.3. The van der Waals surface area contributed by atoms with Gasteiger partial charge in [-0.3, -0.25) is 9.59 Å². The standard InChI is InChI=1S/C22H25N3O7S/c1-15-6-7-19(13-20(15)33(29,30)25-8-10-31-11-9-25)24-21(27)14-32-22(28)17-4-3-5-18(12-17)23-16(2)26/h3-7,12-13H,8-11,14H2,1-2H3,(H,23,26)(H,24,27). The van der Waals surface area contributed by atoms with Gasteiger partial charge in [0.25, 0.3) is 5.91 Å². The van der Waals surface area contributed by atoms with Crippen molar-refractivity contribution in [3.8, 4) is 0 Å². The van der Waals surface area contributed by atoms with E-state index in [-0.39, 0.29) is 35.1 Å². The number of nitrogens with one attached hydrogen (secondary N) is 2. The molecule has 1 aliphatic heterocycles. The fourth-order valence-electron chi connectivity index (χ4n) is 3.22. The second kappa shape index (κ2) is 10.6. The molecule has 3 rings (SSSR count). The van der Waals surface area contributed by atoms with Gasteiger partial charge in [-0.2, -0.15) is 4.31 Å². The van der Waals surface area contributed by atoms with Gasteiger partial charge in [0.2, 0.25) is 15.9 Å². The lowest BCUT2D eigenvalue weighted by molar-refractivity contribution is -0.119. The highest BCUT2D eigenvalue weighted by atomic mass is 32.2. The molecule has 176 valence electrons. The monoisotopic (exact) mass is 475 g/mol. The van der Waals surface area contributed by atoms with Crippen LogP contribution in [0.25, 0.3) is 0 Å². The van der Waals surface area contributed by atoms with Crippen molar-refractivity contribution in [2.75, 3.05) is 43.5 Å². The van der Waals surface area contributed by atoms with E-state index in [0.717, 1.165) is 0 Å². The summed E-state index contributed by atoms with van der Waals surface area (Å²) in [6.45, 7) is 3.63. The summed E-state index contributed by atoms with van der Waals surface area (Å²) in [7, 11) is -3.74. The van der Waals surface area contributed by atoms with Crippen molar-refractivity contribution >= 4 is 39.2 Å². The number of rotatable bonds is 7. The molecule has 0 spiro atoms. The first-order chi connectivity index (χ1) is 15.7. The van der Waals surface area contributed by atoms with E-state index in [9.17, 15) is 22.8 Å². The molecule has 10 nitrogen and oxygen atoms in total. The van der Waals surface area contributed by atoms with Crippen molar-refractivity contribution in [3.05, 3.63) is 53.6 Å². The van der Waals surface area contributed by atoms with E-state index in [1.54, 1.807) is 31.2 Å². The zero-order chi connectivity index (χ0) is 24.0. The predicted octanol–water partition coefficient (Wildman–Crippen LogP) is 1.77. The highest BCUT2D eigenvalue weighted by Crippen LogP contribution is 2.24. The Morgan fingerprint density at radius 3 is 2.42 bits per heavy atom. The van der Waals surface area contributed by atoms with Gasteiger partial charge >= 0.3 is 5.97 Å². The minimum Gasteiger partial charge on any atom is -0.452 e. The van der Waals surface area contributed by atoms with Gasteiger partial charge < -0.3 is 20.1 Å². The average Bonchev–Trinajstić information content (AvgIpc) is 2.79.